The van der Waals surface area contributed by atoms with Gasteiger partial charge < -0.3 is 15.4 Å². The Hall–Kier alpha value is -2.04. The molecule has 92 valence electrons. The number of ether oxygens (including phenoxy) is 1. The van der Waals surface area contributed by atoms with Gasteiger partial charge in [0, 0.05) is 12.7 Å². The zero-order chi connectivity index (χ0) is 13.2. The second kappa shape index (κ2) is 4.86. The number of hydrogen-bond donors (Lipinski definition) is 1. The number of likely N-dealkylation sites (N-methyl/N-ethyl adjacent to an activating group) is 1. The van der Waals surface area contributed by atoms with E-state index in [1.165, 1.54) is 11.9 Å². The summed E-state index contributed by atoms with van der Waals surface area (Å²) in [4.78, 5) is 23.6. The highest BCUT2D eigenvalue weighted by molar-refractivity contribution is 6.39. The number of amides is 2. The summed E-state index contributed by atoms with van der Waals surface area (Å²) in [5.41, 5.74) is 7.33. The molecule has 0 radical (unpaired) electrons. The third-order valence-electron chi connectivity index (χ3n) is 2.59. The molecule has 0 atom stereocenters. The highest BCUT2D eigenvalue weighted by atomic mass is 16.5. The van der Waals surface area contributed by atoms with Gasteiger partial charge in [-0.05, 0) is 37.1 Å². The third kappa shape index (κ3) is 2.55. The summed E-state index contributed by atoms with van der Waals surface area (Å²) < 4.78 is 5.17. The molecule has 0 aliphatic heterocycles. The fourth-order valence-electron chi connectivity index (χ4n) is 1.63. The zero-order valence-electron chi connectivity index (χ0n) is 10.4. The fraction of sp³-hybridized carbons (Fsp3) is 0.333. The van der Waals surface area contributed by atoms with E-state index in [9.17, 15) is 9.59 Å². The minimum atomic E-state index is -0.972. The van der Waals surface area contributed by atoms with Gasteiger partial charge in [0.25, 0.3) is 0 Å². The van der Waals surface area contributed by atoms with Gasteiger partial charge in [0.2, 0.25) is 0 Å². The van der Waals surface area contributed by atoms with Crippen molar-refractivity contribution in [2.45, 2.75) is 13.8 Å². The van der Waals surface area contributed by atoms with Crippen LogP contribution in [0.2, 0.25) is 0 Å². The number of hydrogen-bond acceptors (Lipinski definition) is 3. The van der Waals surface area contributed by atoms with Gasteiger partial charge in [0.1, 0.15) is 5.75 Å². The quantitative estimate of drug-likeness (QED) is 0.770. The van der Waals surface area contributed by atoms with Crippen LogP contribution in [0.1, 0.15) is 11.1 Å². The largest absolute Gasteiger partial charge is 0.496 e. The number of methoxy groups -OCH3 is 1. The van der Waals surface area contributed by atoms with Crippen molar-refractivity contribution in [1.82, 2.24) is 0 Å². The van der Waals surface area contributed by atoms with Crippen LogP contribution in [0, 0.1) is 13.8 Å². The molecular formula is C12H16N2O3. The van der Waals surface area contributed by atoms with Crippen molar-refractivity contribution in [3.63, 3.8) is 0 Å². The molecule has 1 aromatic rings. The number of benzene rings is 1. The topological polar surface area (TPSA) is 72.6 Å². The molecule has 0 saturated carbocycles. The monoisotopic (exact) mass is 236 g/mol. The number of carbonyl (C=O) groups excluding carboxylic acids is 2. The van der Waals surface area contributed by atoms with E-state index in [2.05, 4.69) is 0 Å². The first kappa shape index (κ1) is 13.0. The molecule has 0 saturated heterocycles. The number of rotatable bonds is 2. The molecule has 1 rings (SSSR count). The lowest BCUT2D eigenvalue weighted by molar-refractivity contribution is -0.135. The van der Waals surface area contributed by atoms with Crippen molar-refractivity contribution in [1.29, 1.82) is 0 Å². The predicted molar refractivity (Wildman–Crippen MR) is 65.1 cm³/mol. The summed E-state index contributed by atoms with van der Waals surface area (Å²) in [5.74, 6) is -0.968. The summed E-state index contributed by atoms with van der Waals surface area (Å²) in [6, 6.07) is 3.60. The van der Waals surface area contributed by atoms with Crippen LogP contribution in [0.15, 0.2) is 12.1 Å². The number of nitrogens with zero attached hydrogens (tertiary/aromatic N) is 1. The van der Waals surface area contributed by atoms with Crippen LogP contribution in [0.25, 0.3) is 0 Å². The number of aryl methyl sites for hydroxylation is 2. The molecule has 0 heterocycles. The Balaban J connectivity index is 3.19. The minimum absolute atomic E-state index is 0.645. The molecule has 17 heavy (non-hydrogen) atoms. The van der Waals surface area contributed by atoms with E-state index in [1.54, 1.807) is 13.2 Å². The third-order valence-corrected chi connectivity index (χ3v) is 2.59. The second-order valence-corrected chi connectivity index (χ2v) is 3.84. The molecule has 1 aromatic carbocycles. The first-order valence-corrected chi connectivity index (χ1v) is 5.11. The van der Waals surface area contributed by atoms with Crippen molar-refractivity contribution in [3.8, 4) is 5.75 Å². The Morgan fingerprint density at radius 2 is 1.82 bits per heavy atom. The highest BCUT2D eigenvalue weighted by Crippen LogP contribution is 2.28. The normalized spacial score (nSPS) is 9.88. The first-order chi connectivity index (χ1) is 7.88. The van der Waals surface area contributed by atoms with Crippen LogP contribution in [0.4, 0.5) is 5.69 Å². The van der Waals surface area contributed by atoms with Gasteiger partial charge in [-0.2, -0.15) is 0 Å². The lowest BCUT2D eigenvalue weighted by Crippen LogP contribution is -2.38. The van der Waals surface area contributed by atoms with Gasteiger partial charge in [0.15, 0.2) is 0 Å². The molecule has 0 fully saturated rings. The van der Waals surface area contributed by atoms with Crippen molar-refractivity contribution < 1.29 is 14.3 Å². The Bertz CT molecular complexity index is 469. The molecule has 0 aliphatic rings. The van der Waals surface area contributed by atoms with Gasteiger partial charge in [-0.25, -0.2) is 0 Å². The molecule has 0 aromatic heterocycles. The van der Waals surface area contributed by atoms with Crippen molar-refractivity contribution >= 4 is 17.5 Å². The standard InChI is InChI=1S/C12H16N2O3/c1-7-6-10(17-4)8(2)5-9(7)14(3)12(16)11(13)15/h5-6H,1-4H3,(H2,13,15). The molecule has 0 unspecified atom stereocenters. The first-order valence-electron chi connectivity index (χ1n) is 5.11. The van der Waals surface area contributed by atoms with E-state index >= 15 is 0 Å². The summed E-state index contributed by atoms with van der Waals surface area (Å²) >= 11 is 0. The maximum atomic E-state index is 11.5. The molecule has 0 aliphatic carbocycles. The predicted octanol–water partition coefficient (Wildman–Crippen LogP) is 0.760. The second-order valence-electron chi connectivity index (χ2n) is 3.84. The van der Waals surface area contributed by atoms with Crippen molar-refractivity contribution in [3.05, 3.63) is 23.3 Å². The van der Waals surface area contributed by atoms with Crippen molar-refractivity contribution in [2.75, 3.05) is 19.1 Å². The van der Waals surface area contributed by atoms with E-state index in [1.807, 2.05) is 19.9 Å². The van der Waals surface area contributed by atoms with E-state index in [0.29, 0.717) is 5.69 Å². The molecule has 2 N–H and O–H groups in total. The number of primary amides is 1. The van der Waals surface area contributed by atoms with E-state index in [4.69, 9.17) is 10.5 Å². The minimum Gasteiger partial charge on any atom is -0.496 e. The van der Waals surface area contributed by atoms with Crippen molar-refractivity contribution in [2.24, 2.45) is 5.73 Å². The van der Waals surface area contributed by atoms with Gasteiger partial charge in [0.05, 0.1) is 7.11 Å². The Kier molecular flexibility index (Phi) is 3.73. The average Bonchev–Trinajstić information content (AvgIpc) is 2.29. The molecule has 2 amide bonds. The van der Waals surface area contributed by atoms with Crippen LogP contribution in [-0.2, 0) is 9.59 Å². The molecule has 5 heteroatoms. The Labute approximate surface area is 100 Å². The SMILES string of the molecule is COc1cc(C)c(N(C)C(=O)C(N)=O)cc1C. The Morgan fingerprint density at radius 1 is 1.24 bits per heavy atom. The highest BCUT2D eigenvalue weighted by Gasteiger charge is 2.19. The number of nitrogens with two attached hydrogens (primary N) is 1. The fourth-order valence-corrected chi connectivity index (χ4v) is 1.63. The average molecular weight is 236 g/mol. The smallest absolute Gasteiger partial charge is 0.315 e. The summed E-state index contributed by atoms with van der Waals surface area (Å²) in [6.07, 6.45) is 0. The van der Waals surface area contributed by atoms with Crippen LogP contribution >= 0.6 is 0 Å². The Morgan fingerprint density at radius 3 is 2.29 bits per heavy atom. The van der Waals surface area contributed by atoms with Gasteiger partial charge in [-0.15, -0.1) is 0 Å². The van der Waals surface area contributed by atoms with Crippen LogP contribution in [0.5, 0.6) is 5.75 Å². The summed E-state index contributed by atoms with van der Waals surface area (Å²) in [5, 5.41) is 0. The lowest BCUT2D eigenvalue weighted by atomic mass is 10.1. The lowest BCUT2D eigenvalue weighted by Gasteiger charge is -2.19. The van der Waals surface area contributed by atoms with Crippen LogP contribution < -0.4 is 15.4 Å². The van der Waals surface area contributed by atoms with Crippen LogP contribution in [-0.4, -0.2) is 26.0 Å². The molecule has 5 nitrogen and oxygen atoms in total. The summed E-state index contributed by atoms with van der Waals surface area (Å²) in [6.45, 7) is 3.70. The van der Waals surface area contributed by atoms with Gasteiger partial charge >= 0.3 is 11.8 Å². The van der Waals surface area contributed by atoms with Gasteiger partial charge in [-0.1, -0.05) is 0 Å². The number of carbonyl (C=O) groups is 2. The zero-order valence-corrected chi connectivity index (χ0v) is 10.4. The molecule has 0 spiro atoms. The molecular weight excluding hydrogens is 220 g/mol. The maximum absolute atomic E-state index is 11.5. The van der Waals surface area contributed by atoms with E-state index < -0.39 is 11.8 Å². The van der Waals surface area contributed by atoms with E-state index in [0.717, 1.165) is 16.9 Å². The molecule has 0 bridgehead atoms. The number of anilines is 1. The maximum Gasteiger partial charge on any atom is 0.315 e. The van der Waals surface area contributed by atoms with E-state index in [-0.39, 0.29) is 0 Å². The van der Waals surface area contributed by atoms with Gasteiger partial charge in [-0.3, -0.25) is 9.59 Å². The summed E-state index contributed by atoms with van der Waals surface area (Å²) in [7, 11) is 3.10. The van der Waals surface area contributed by atoms with Crippen LogP contribution in [0.3, 0.4) is 0 Å².